The van der Waals surface area contributed by atoms with Crippen LogP contribution in [0.4, 0.5) is 0 Å². The van der Waals surface area contributed by atoms with Crippen molar-refractivity contribution in [2.75, 3.05) is 6.54 Å². The van der Waals surface area contributed by atoms with Crippen molar-refractivity contribution in [3.8, 4) is 0 Å². The summed E-state index contributed by atoms with van der Waals surface area (Å²) in [4.78, 5) is 14.2. The maximum absolute atomic E-state index is 12.5. The Labute approximate surface area is 116 Å². The van der Waals surface area contributed by atoms with Crippen molar-refractivity contribution in [2.24, 2.45) is 0 Å². The molecule has 1 aliphatic heterocycles. The molecule has 0 amide bonds. The summed E-state index contributed by atoms with van der Waals surface area (Å²) >= 11 is 0. The van der Waals surface area contributed by atoms with Crippen LogP contribution in [-0.4, -0.2) is 24.3 Å². The van der Waals surface area contributed by atoms with E-state index < -0.39 is 15.5 Å². The second-order valence-corrected chi connectivity index (χ2v) is 6.64. The lowest BCUT2D eigenvalue weighted by atomic mass is 10.0. The number of sulfonamides is 1. The van der Waals surface area contributed by atoms with Crippen molar-refractivity contribution in [2.45, 2.75) is 17.9 Å². The molecule has 1 aromatic carbocycles. The van der Waals surface area contributed by atoms with Gasteiger partial charge in [-0.15, -0.1) is 0 Å². The molecule has 0 saturated carbocycles. The maximum Gasteiger partial charge on any atom is 0.248 e. The van der Waals surface area contributed by atoms with Crippen LogP contribution < -0.4 is 5.43 Å². The summed E-state index contributed by atoms with van der Waals surface area (Å²) in [6, 6.07) is 9.00. The van der Waals surface area contributed by atoms with Crippen LogP contribution in [0.3, 0.4) is 0 Å². The predicted molar refractivity (Wildman–Crippen MR) is 74.8 cm³/mol. The van der Waals surface area contributed by atoms with Gasteiger partial charge in [-0.05, 0) is 17.5 Å². The van der Waals surface area contributed by atoms with Gasteiger partial charge in [0.25, 0.3) is 0 Å². The fourth-order valence-corrected chi connectivity index (χ4v) is 3.87. The summed E-state index contributed by atoms with van der Waals surface area (Å²) in [7, 11) is -3.75. The molecule has 20 heavy (non-hydrogen) atoms. The summed E-state index contributed by atoms with van der Waals surface area (Å²) in [5.41, 5.74) is 1.68. The third kappa shape index (κ3) is 2.17. The molecule has 2 heterocycles. The van der Waals surface area contributed by atoms with Gasteiger partial charge in [-0.3, -0.25) is 4.79 Å². The van der Waals surface area contributed by atoms with E-state index >= 15 is 0 Å². The molecule has 6 heteroatoms. The number of benzene rings is 1. The minimum atomic E-state index is -3.75. The van der Waals surface area contributed by atoms with E-state index in [2.05, 4.69) is 4.98 Å². The second kappa shape index (κ2) is 4.88. The molecule has 5 nitrogen and oxygen atoms in total. The lowest BCUT2D eigenvalue weighted by Crippen LogP contribution is -2.37. The number of hydrogen-bond acceptors (Lipinski definition) is 3. The van der Waals surface area contributed by atoms with Crippen molar-refractivity contribution in [3.63, 3.8) is 0 Å². The van der Waals surface area contributed by atoms with Gasteiger partial charge in [0.1, 0.15) is 4.90 Å². The first-order valence-electron chi connectivity index (χ1n) is 6.33. The maximum atomic E-state index is 12.5. The average molecular weight is 290 g/mol. The molecule has 1 aliphatic rings. The van der Waals surface area contributed by atoms with Crippen LogP contribution in [0.2, 0.25) is 0 Å². The average Bonchev–Trinajstić information content (AvgIpc) is 2.47. The first-order valence-corrected chi connectivity index (χ1v) is 7.77. The van der Waals surface area contributed by atoms with E-state index in [4.69, 9.17) is 0 Å². The van der Waals surface area contributed by atoms with Gasteiger partial charge in [0, 0.05) is 31.5 Å². The Balaban J connectivity index is 1.99. The van der Waals surface area contributed by atoms with Crippen LogP contribution in [-0.2, 0) is 23.0 Å². The molecular weight excluding hydrogens is 276 g/mol. The molecule has 0 saturated heterocycles. The molecule has 0 spiro atoms. The molecule has 0 unspecified atom stereocenters. The minimum absolute atomic E-state index is 0.195. The number of nitrogens with one attached hydrogen (secondary N) is 1. The van der Waals surface area contributed by atoms with Crippen LogP contribution in [0.15, 0.2) is 52.4 Å². The number of aromatic nitrogens is 1. The van der Waals surface area contributed by atoms with E-state index in [1.165, 1.54) is 28.3 Å². The monoisotopic (exact) mass is 290 g/mol. The second-order valence-electron chi connectivity index (χ2n) is 4.73. The molecule has 3 rings (SSSR count). The van der Waals surface area contributed by atoms with Gasteiger partial charge in [0.05, 0.1) is 0 Å². The van der Waals surface area contributed by atoms with Crippen molar-refractivity contribution >= 4 is 10.0 Å². The van der Waals surface area contributed by atoms with Gasteiger partial charge >= 0.3 is 0 Å². The molecule has 0 radical (unpaired) electrons. The highest BCUT2D eigenvalue weighted by molar-refractivity contribution is 7.89. The highest BCUT2D eigenvalue weighted by Gasteiger charge is 2.29. The van der Waals surface area contributed by atoms with Gasteiger partial charge in [-0.2, -0.15) is 4.31 Å². The highest BCUT2D eigenvalue weighted by atomic mass is 32.2. The normalized spacial score (nSPS) is 15.8. The van der Waals surface area contributed by atoms with Crippen LogP contribution in [0, 0.1) is 0 Å². The Morgan fingerprint density at radius 2 is 1.85 bits per heavy atom. The molecular formula is C14H14N2O3S. The van der Waals surface area contributed by atoms with Gasteiger partial charge in [-0.1, -0.05) is 24.3 Å². The molecule has 0 atom stereocenters. The first-order chi connectivity index (χ1) is 9.59. The summed E-state index contributed by atoms with van der Waals surface area (Å²) in [6.07, 6.45) is 3.34. The fraction of sp³-hybridized carbons (Fsp3) is 0.214. The molecule has 104 valence electrons. The van der Waals surface area contributed by atoms with Crippen molar-refractivity contribution in [3.05, 3.63) is 64.1 Å². The van der Waals surface area contributed by atoms with E-state index in [0.717, 1.165) is 5.56 Å². The zero-order valence-corrected chi connectivity index (χ0v) is 11.6. The minimum Gasteiger partial charge on any atom is -0.366 e. The summed E-state index contributed by atoms with van der Waals surface area (Å²) < 4.78 is 26.4. The van der Waals surface area contributed by atoms with E-state index in [9.17, 15) is 13.2 Å². The fourth-order valence-electron chi connectivity index (χ4n) is 2.42. The number of hydrogen-bond donors (Lipinski definition) is 1. The zero-order chi connectivity index (χ0) is 14.2. The predicted octanol–water partition coefficient (Wildman–Crippen LogP) is 1.12. The zero-order valence-electron chi connectivity index (χ0n) is 10.7. The van der Waals surface area contributed by atoms with Crippen molar-refractivity contribution in [1.82, 2.24) is 9.29 Å². The molecule has 0 fully saturated rings. The Hall–Kier alpha value is -1.92. The number of nitrogens with zero attached hydrogens (tertiary/aromatic N) is 1. The molecule has 2 aromatic rings. The standard InChI is InChI=1S/C14H14N2O3S/c17-13-5-7-15-9-14(13)20(18,19)16-8-6-11-3-1-2-4-12(11)10-16/h1-5,7,9H,6,8,10H2,(H,15,17). The summed E-state index contributed by atoms with van der Waals surface area (Å²) in [6.45, 7) is 0.709. The van der Waals surface area contributed by atoms with Crippen LogP contribution >= 0.6 is 0 Å². The Bertz CT molecular complexity index is 796. The number of H-pyrrole nitrogens is 1. The SMILES string of the molecule is O=c1cc[nH]cc1S(=O)(=O)N1CCc2ccccc2C1. The third-order valence-corrected chi connectivity index (χ3v) is 5.37. The molecule has 1 N–H and O–H groups in total. The van der Waals surface area contributed by atoms with Crippen molar-refractivity contribution in [1.29, 1.82) is 0 Å². The Morgan fingerprint density at radius 1 is 1.10 bits per heavy atom. The number of fused-ring (bicyclic) bond motifs is 1. The number of pyridine rings is 1. The summed E-state index contributed by atoms with van der Waals surface area (Å²) in [5.74, 6) is 0. The lowest BCUT2D eigenvalue weighted by molar-refractivity contribution is 0.391. The Kier molecular flexibility index (Phi) is 3.19. The lowest BCUT2D eigenvalue weighted by Gasteiger charge is -2.27. The van der Waals surface area contributed by atoms with Gasteiger partial charge in [0.15, 0.2) is 0 Å². The first kappa shape index (κ1) is 13.1. The van der Waals surface area contributed by atoms with Crippen LogP contribution in [0.1, 0.15) is 11.1 Å². The van der Waals surface area contributed by atoms with Crippen LogP contribution in [0.25, 0.3) is 0 Å². The largest absolute Gasteiger partial charge is 0.366 e. The third-order valence-electron chi connectivity index (χ3n) is 3.50. The van der Waals surface area contributed by atoms with E-state index in [1.54, 1.807) is 0 Å². The van der Waals surface area contributed by atoms with Gasteiger partial charge in [-0.25, -0.2) is 8.42 Å². The van der Waals surface area contributed by atoms with E-state index in [0.29, 0.717) is 19.5 Å². The van der Waals surface area contributed by atoms with E-state index in [-0.39, 0.29) is 4.90 Å². The Morgan fingerprint density at radius 3 is 2.60 bits per heavy atom. The highest BCUT2D eigenvalue weighted by Crippen LogP contribution is 2.23. The number of rotatable bonds is 2. The van der Waals surface area contributed by atoms with Gasteiger partial charge < -0.3 is 4.98 Å². The molecule has 0 aliphatic carbocycles. The van der Waals surface area contributed by atoms with E-state index in [1.807, 2.05) is 24.3 Å². The van der Waals surface area contributed by atoms with Crippen LogP contribution in [0.5, 0.6) is 0 Å². The molecule has 0 bridgehead atoms. The number of aromatic amines is 1. The van der Waals surface area contributed by atoms with Crippen molar-refractivity contribution < 1.29 is 8.42 Å². The molecule has 1 aromatic heterocycles. The van der Waals surface area contributed by atoms with Gasteiger partial charge in [0.2, 0.25) is 15.5 Å². The smallest absolute Gasteiger partial charge is 0.248 e. The summed E-state index contributed by atoms with van der Waals surface area (Å²) in [5, 5.41) is 0. The quantitative estimate of drug-likeness (QED) is 0.901. The topological polar surface area (TPSA) is 70.2 Å².